The highest BCUT2D eigenvalue weighted by Crippen LogP contribution is 2.36. The molecule has 1 aliphatic carbocycles. The second-order valence-electron chi connectivity index (χ2n) is 8.48. The third kappa shape index (κ3) is 6.01. The van der Waals surface area contributed by atoms with E-state index < -0.39 is 0 Å². The van der Waals surface area contributed by atoms with E-state index in [1.807, 2.05) is 12.1 Å². The summed E-state index contributed by atoms with van der Waals surface area (Å²) >= 11 is 1.57. The number of halogens is 1. The van der Waals surface area contributed by atoms with Crippen molar-refractivity contribution >= 4 is 29.3 Å². The molecule has 2 heterocycles. The van der Waals surface area contributed by atoms with E-state index in [1.54, 1.807) is 11.8 Å². The number of piperazine rings is 1. The topological polar surface area (TPSA) is 64.7 Å². The molecule has 31 heavy (non-hydrogen) atoms. The Labute approximate surface area is 187 Å². The second-order valence-corrected chi connectivity index (χ2v) is 9.76. The van der Waals surface area contributed by atoms with Crippen molar-refractivity contribution in [1.29, 1.82) is 0 Å². The summed E-state index contributed by atoms with van der Waals surface area (Å²) in [4.78, 5) is 29.7. The minimum atomic E-state index is -0.207. The van der Waals surface area contributed by atoms with E-state index in [1.165, 1.54) is 31.1 Å². The van der Waals surface area contributed by atoms with Gasteiger partial charge >= 0.3 is 0 Å². The van der Waals surface area contributed by atoms with E-state index in [9.17, 15) is 14.0 Å². The predicted molar refractivity (Wildman–Crippen MR) is 123 cm³/mol. The van der Waals surface area contributed by atoms with Crippen LogP contribution in [0.2, 0.25) is 0 Å². The van der Waals surface area contributed by atoms with E-state index in [4.69, 9.17) is 0 Å². The van der Waals surface area contributed by atoms with Crippen LogP contribution in [-0.4, -0.2) is 67.3 Å². The van der Waals surface area contributed by atoms with E-state index in [-0.39, 0.29) is 23.7 Å². The molecule has 3 aliphatic rings. The molecule has 0 bridgehead atoms. The zero-order valence-electron chi connectivity index (χ0n) is 17.8. The quantitative estimate of drug-likeness (QED) is 0.519. The number of thioether (sulfide) groups is 1. The molecule has 168 valence electrons. The Morgan fingerprint density at radius 1 is 1.16 bits per heavy atom. The first kappa shape index (κ1) is 22.1. The molecule has 6 nitrogen and oxygen atoms in total. The maximum absolute atomic E-state index is 13.1. The fourth-order valence-corrected chi connectivity index (χ4v) is 5.84. The first-order valence-corrected chi connectivity index (χ1v) is 12.2. The first-order valence-electron chi connectivity index (χ1n) is 11.3. The molecule has 0 aromatic heterocycles. The van der Waals surface area contributed by atoms with Gasteiger partial charge in [-0.1, -0.05) is 12.8 Å². The molecular formula is C23H31FN4O2S. The molecule has 1 saturated carbocycles. The van der Waals surface area contributed by atoms with Gasteiger partial charge in [-0.25, -0.2) is 4.39 Å². The van der Waals surface area contributed by atoms with Crippen molar-refractivity contribution < 1.29 is 14.0 Å². The number of nitrogens with zero attached hydrogens (tertiary/aromatic N) is 2. The Balaban J connectivity index is 1.14. The van der Waals surface area contributed by atoms with Crippen LogP contribution in [0, 0.1) is 5.82 Å². The molecule has 2 unspecified atom stereocenters. The number of amides is 2. The third-order valence-corrected chi connectivity index (χ3v) is 7.72. The maximum Gasteiger partial charge on any atom is 0.258 e. The summed E-state index contributed by atoms with van der Waals surface area (Å²) in [6.45, 7) is 5.26. The average molecular weight is 447 g/mol. The number of benzene rings is 1. The monoisotopic (exact) mass is 446 g/mol. The van der Waals surface area contributed by atoms with Crippen molar-refractivity contribution in [2.24, 2.45) is 0 Å². The van der Waals surface area contributed by atoms with Gasteiger partial charge in [0.05, 0.1) is 4.91 Å². The van der Waals surface area contributed by atoms with E-state index >= 15 is 0 Å². The molecule has 2 N–H and O–H groups in total. The SMILES string of the molecule is O=C(/C=C1\SC2CCCCC2NC1=O)NCCCN1CCN(c2ccc(F)cc2)CC1. The highest BCUT2D eigenvalue weighted by Gasteiger charge is 2.34. The normalized spacial score (nSPS) is 25.8. The molecule has 1 aromatic carbocycles. The molecule has 2 saturated heterocycles. The lowest BCUT2D eigenvalue weighted by Gasteiger charge is -2.36. The highest BCUT2D eigenvalue weighted by molar-refractivity contribution is 8.04. The summed E-state index contributed by atoms with van der Waals surface area (Å²) in [5.41, 5.74) is 1.06. The van der Waals surface area contributed by atoms with Crippen molar-refractivity contribution in [3.63, 3.8) is 0 Å². The summed E-state index contributed by atoms with van der Waals surface area (Å²) in [6, 6.07) is 6.92. The summed E-state index contributed by atoms with van der Waals surface area (Å²) < 4.78 is 13.1. The molecule has 3 fully saturated rings. The standard InChI is InChI=1S/C23H31FN4O2S/c24-17-6-8-18(9-7-17)28-14-12-27(13-15-28)11-3-10-25-22(29)16-21-23(30)26-19-4-1-2-5-20(19)31-21/h6-9,16,19-20H,1-5,10-15H2,(H,25,29)(H,26,30)/b21-16-. The van der Waals surface area contributed by atoms with Crippen molar-refractivity contribution in [2.45, 2.75) is 43.4 Å². The van der Waals surface area contributed by atoms with Gasteiger partial charge in [0.1, 0.15) is 5.82 Å². The second kappa shape index (κ2) is 10.5. The molecule has 4 rings (SSSR count). The summed E-state index contributed by atoms with van der Waals surface area (Å²) in [7, 11) is 0. The zero-order valence-corrected chi connectivity index (χ0v) is 18.6. The van der Waals surface area contributed by atoms with Crippen LogP contribution in [0.1, 0.15) is 32.1 Å². The molecule has 2 atom stereocenters. The molecule has 8 heteroatoms. The van der Waals surface area contributed by atoms with Crippen LogP contribution >= 0.6 is 11.8 Å². The fourth-order valence-electron chi connectivity index (χ4n) is 4.52. The van der Waals surface area contributed by atoms with Crippen LogP contribution in [0.5, 0.6) is 0 Å². The molecule has 0 spiro atoms. The Bertz CT molecular complexity index is 808. The lowest BCUT2D eigenvalue weighted by Crippen LogP contribution is -2.48. The van der Waals surface area contributed by atoms with Crippen molar-refractivity contribution in [2.75, 3.05) is 44.2 Å². The van der Waals surface area contributed by atoms with Crippen LogP contribution in [0.4, 0.5) is 10.1 Å². The summed E-state index contributed by atoms with van der Waals surface area (Å²) in [5, 5.41) is 6.39. The lowest BCUT2D eigenvalue weighted by atomic mass is 9.94. The van der Waals surface area contributed by atoms with Gasteiger partial charge in [-0.2, -0.15) is 0 Å². The predicted octanol–water partition coefficient (Wildman–Crippen LogP) is 2.51. The smallest absolute Gasteiger partial charge is 0.258 e. The average Bonchev–Trinajstić information content (AvgIpc) is 2.78. The first-order chi connectivity index (χ1) is 15.1. The van der Waals surface area contributed by atoms with E-state index in [0.717, 1.165) is 57.7 Å². The molecule has 1 aromatic rings. The van der Waals surface area contributed by atoms with Gasteiger partial charge in [0.2, 0.25) is 5.91 Å². The largest absolute Gasteiger partial charge is 0.369 e. The van der Waals surface area contributed by atoms with Crippen LogP contribution < -0.4 is 15.5 Å². The summed E-state index contributed by atoms with van der Waals surface area (Å²) in [5.74, 6) is -0.503. The van der Waals surface area contributed by atoms with Gasteiger partial charge in [0, 0.05) is 55.8 Å². The van der Waals surface area contributed by atoms with Gasteiger partial charge in [0.15, 0.2) is 0 Å². The minimum Gasteiger partial charge on any atom is -0.369 e. The molecule has 2 aliphatic heterocycles. The Morgan fingerprint density at radius 2 is 1.90 bits per heavy atom. The number of nitrogens with one attached hydrogen (secondary N) is 2. The number of hydrogen-bond donors (Lipinski definition) is 2. The van der Waals surface area contributed by atoms with Gasteiger partial charge in [0.25, 0.3) is 5.91 Å². The lowest BCUT2D eigenvalue weighted by molar-refractivity contribution is -0.119. The van der Waals surface area contributed by atoms with Crippen molar-refractivity contribution in [3.8, 4) is 0 Å². The van der Waals surface area contributed by atoms with Gasteiger partial charge in [-0.3, -0.25) is 14.5 Å². The Hall–Kier alpha value is -2.06. The third-order valence-electron chi connectivity index (χ3n) is 6.30. The highest BCUT2D eigenvalue weighted by atomic mass is 32.2. The fraction of sp³-hybridized carbons (Fsp3) is 0.565. The van der Waals surface area contributed by atoms with Crippen LogP contribution in [0.3, 0.4) is 0 Å². The van der Waals surface area contributed by atoms with Gasteiger partial charge in [-0.05, 0) is 50.1 Å². The minimum absolute atomic E-state index is 0.109. The zero-order chi connectivity index (χ0) is 21.6. The van der Waals surface area contributed by atoms with Crippen molar-refractivity contribution in [3.05, 3.63) is 41.1 Å². The number of fused-ring (bicyclic) bond motifs is 1. The maximum atomic E-state index is 13.1. The van der Waals surface area contributed by atoms with E-state index in [2.05, 4.69) is 20.4 Å². The Morgan fingerprint density at radius 3 is 2.68 bits per heavy atom. The number of hydrogen-bond acceptors (Lipinski definition) is 5. The molecular weight excluding hydrogens is 415 g/mol. The van der Waals surface area contributed by atoms with E-state index in [0.29, 0.717) is 16.7 Å². The molecule has 0 radical (unpaired) electrons. The van der Waals surface area contributed by atoms with Gasteiger partial charge in [-0.15, -0.1) is 11.8 Å². The van der Waals surface area contributed by atoms with Crippen LogP contribution in [0.15, 0.2) is 35.2 Å². The molecule has 2 amide bonds. The van der Waals surface area contributed by atoms with Crippen LogP contribution in [-0.2, 0) is 9.59 Å². The van der Waals surface area contributed by atoms with Gasteiger partial charge < -0.3 is 15.5 Å². The number of carbonyl (C=O) groups excluding carboxylic acids is 2. The van der Waals surface area contributed by atoms with Crippen LogP contribution in [0.25, 0.3) is 0 Å². The Kier molecular flexibility index (Phi) is 7.50. The number of rotatable bonds is 6. The number of carbonyl (C=O) groups is 2. The summed E-state index contributed by atoms with van der Waals surface area (Å²) in [6.07, 6.45) is 6.84. The number of anilines is 1. The van der Waals surface area contributed by atoms with Crippen molar-refractivity contribution in [1.82, 2.24) is 15.5 Å².